The van der Waals surface area contributed by atoms with Crippen molar-refractivity contribution in [2.45, 2.75) is 26.2 Å². The second-order valence-electron chi connectivity index (χ2n) is 4.76. The molecule has 116 valence electrons. The first-order valence-corrected chi connectivity index (χ1v) is 7.07. The van der Waals surface area contributed by atoms with Gasteiger partial charge in [-0.05, 0) is 31.9 Å². The number of rotatable bonds is 9. The summed E-state index contributed by atoms with van der Waals surface area (Å²) >= 11 is 0. The molecule has 0 aliphatic heterocycles. The van der Waals surface area contributed by atoms with Crippen LogP contribution < -0.4 is 21.1 Å². The molecule has 0 heterocycles. The Morgan fingerprint density at radius 3 is 2.48 bits per heavy atom. The Kier molecular flexibility index (Phi) is 7.71. The topological polar surface area (TPSA) is 93.4 Å². The van der Waals surface area contributed by atoms with E-state index in [-0.39, 0.29) is 5.91 Å². The summed E-state index contributed by atoms with van der Waals surface area (Å²) in [6.07, 6.45) is 1.88. The zero-order valence-electron chi connectivity index (χ0n) is 12.4. The second kappa shape index (κ2) is 9.63. The molecule has 1 rings (SSSR count). The maximum atomic E-state index is 11.5. The molecule has 0 spiro atoms. The molecule has 0 saturated carbocycles. The summed E-state index contributed by atoms with van der Waals surface area (Å²) in [6.45, 7) is 3.44. The molecule has 0 aromatic heterocycles. The van der Waals surface area contributed by atoms with Crippen LogP contribution in [-0.4, -0.2) is 31.6 Å². The highest BCUT2D eigenvalue weighted by atomic mass is 16.5. The Labute approximate surface area is 125 Å². The van der Waals surface area contributed by atoms with Gasteiger partial charge in [0.2, 0.25) is 5.91 Å². The highest BCUT2D eigenvalue weighted by molar-refractivity contribution is 5.75. The van der Waals surface area contributed by atoms with E-state index in [0.717, 1.165) is 12.2 Å². The maximum absolute atomic E-state index is 11.5. The van der Waals surface area contributed by atoms with E-state index in [1.54, 1.807) is 0 Å². The number of hydrogen-bond acceptors (Lipinski definition) is 3. The van der Waals surface area contributed by atoms with Gasteiger partial charge in [-0.15, -0.1) is 0 Å². The normalized spacial score (nSPS) is 9.95. The highest BCUT2D eigenvalue weighted by Crippen LogP contribution is 2.10. The van der Waals surface area contributed by atoms with Crippen LogP contribution in [0, 0.1) is 6.92 Å². The lowest BCUT2D eigenvalue weighted by molar-refractivity contribution is -0.121. The molecule has 6 nitrogen and oxygen atoms in total. The Bertz CT molecular complexity index is 446. The summed E-state index contributed by atoms with van der Waals surface area (Å²) < 4.78 is 5.50. The summed E-state index contributed by atoms with van der Waals surface area (Å²) in [6, 6.07) is 7.24. The van der Waals surface area contributed by atoms with E-state index in [9.17, 15) is 9.59 Å². The molecule has 0 unspecified atom stereocenters. The van der Waals surface area contributed by atoms with Gasteiger partial charge in [0, 0.05) is 13.0 Å². The number of primary amides is 1. The van der Waals surface area contributed by atoms with Crippen molar-refractivity contribution in [3.63, 3.8) is 0 Å². The summed E-state index contributed by atoms with van der Waals surface area (Å²) in [4.78, 5) is 21.9. The van der Waals surface area contributed by atoms with Gasteiger partial charge in [0.25, 0.3) is 0 Å². The van der Waals surface area contributed by atoms with Crippen LogP contribution in [0.15, 0.2) is 24.3 Å². The van der Waals surface area contributed by atoms with Crippen molar-refractivity contribution < 1.29 is 14.3 Å². The van der Waals surface area contributed by atoms with Crippen molar-refractivity contribution in [2.75, 3.05) is 19.7 Å². The number of aryl methyl sites for hydroxylation is 1. The SMILES string of the molecule is Cc1ccc(OCCNC(=O)CCCCNC(N)=O)cc1. The first-order valence-electron chi connectivity index (χ1n) is 7.07. The van der Waals surface area contributed by atoms with E-state index in [0.29, 0.717) is 32.5 Å². The number of carbonyl (C=O) groups is 2. The van der Waals surface area contributed by atoms with Gasteiger partial charge in [0.15, 0.2) is 0 Å². The molecule has 0 fully saturated rings. The lowest BCUT2D eigenvalue weighted by Crippen LogP contribution is -2.30. The highest BCUT2D eigenvalue weighted by Gasteiger charge is 2.01. The van der Waals surface area contributed by atoms with E-state index in [4.69, 9.17) is 10.5 Å². The number of hydrogen-bond donors (Lipinski definition) is 3. The van der Waals surface area contributed by atoms with Crippen LogP contribution in [0.3, 0.4) is 0 Å². The Morgan fingerprint density at radius 1 is 1.10 bits per heavy atom. The van der Waals surface area contributed by atoms with E-state index < -0.39 is 6.03 Å². The molecule has 0 aliphatic rings. The fourth-order valence-electron chi connectivity index (χ4n) is 1.70. The van der Waals surface area contributed by atoms with Crippen molar-refractivity contribution in [3.8, 4) is 5.75 Å². The van der Waals surface area contributed by atoms with Gasteiger partial charge >= 0.3 is 6.03 Å². The second-order valence-corrected chi connectivity index (χ2v) is 4.76. The van der Waals surface area contributed by atoms with E-state index in [2.05, 4.69) is 10.6 Å². The molecule has 0 radical (unpaired) electrons. The van der Waals surface area contributed by atoms with Crippen LogP contribution in [0.2, 0.25) is 0 Å². The number of benzene rings is 1. The Morgan fingerprint density at radius 2 is 1.81 bits per heavy atom. The minimum atomic E-state index is -0.535. The average molecular weight is 293 g/mol. The number of amides is 3. The third-order valence-electron chi connectivity index (χ3n) is 2.84. The molecule has 0 aliphatic carbocycles. The summed E-state index contributed by atoms with van der Waals surface area (Å²) in [5, 5.41) is 5.27. The quantitative estimate of drug-likeness (QED) is 0.600. The van der Waals surface area contributed by atoms with Crippen molar-refractivity contribution >= 4 is 11.9 Å². The largest absolute Gasteiger partial charge is 0.492 e. The minimum absolute atomic E-state index is 0.0124. The Balaban J connectivity index is 2.00. The van der Waals surface area contributed by atoms with Gasteiger partial charge in [0.05, 0.1) is 6.54 Å². The Hall–Kier alpha value is -2.24. The van der Waals surface area contributed by atoms with Gasteiger partial charge in [-0.3, -0.25) is 4.79 Å². The number of nitrogens with two attached hydrogens (primary N) is 1. The molecule has 0 atom stereocenters. The lowest BCUT2D eigenvalue weighted by Gasteiger charge is -2.08. The van der Waals surface area contributed by atoms with Crippen LogP contribution >= 0.6 is 0 Å². The number of unbranched alkanes of at least 4 members (excludes halogenated alkanes) is 1. The zero-order valence-corrected chi connectivity index (χ0v) is 12.4. The molecule has 1 aromatic rings. The fraction of sp³-hybridized carbons (Fsp3) is 0.467. The van der Waals surface area contributed by atoms with Gasteiger partial charge in [-0.2, -0.15) is 0 Å². The van der Waals surface area contributed by atoms with Crippen molar-refractivity contribution in [1.29, 1.82) is 0 Å². The van der Waals surface area contributed by atoms with Crippen LogP contribution in [-0.2, 0) is 4.79 Å². The van der Waals surface area contributed by atoms with Crippen LogP contribution in [0.25, 0.3) is 0 Å². The third-order valence-corrected chi connectivity index (χ3v) is 2.84. The molecule has 4 N–H and O–H groups in total. The lowest BCUT2D eigenvalue weighted by atomic mass is 10.2. The smallest absolute Gasteiger partial charge is 0.312 e. The molecule has 3 amide bonds. The zero-order chi connectivity index (χ0) is 15.5. The number of carbonyl (C=O) groups excluding carboxylic acids is 2. The van der Waals surface area contributed by atoms with Crippen LogP contribution in [0.5, 0.6) is 5.75 Å². The number of ether oxygens (including phenoxy) is 1. The third kappa shape index (κ3) is 8.52. The van der Waals surface area contributed by atoms with Gasteiger partial charge < -0.3 is 21.1 Å². The average Bonchev–Trinajstić information content (AvgIpc) is 2.45. The van der Waals surface area contributed by atoms with E-state index >= 15 is 0 Å². The van der Waals surface area contributed by atoms with Crippen molar-refractivity contribution in [1.82, 2.24) is 10.6 Å². The molecular formula is C15H23N3O3. The maximum Gasteiger partial charge on any atom is 0.312 e. The summed E-state index contributed by atoms with van der Waals surface area (Å²) in [5.41, 5.74) is 6.11. The molecule has 21 heavy (non-hydrogen) atoms. The fourth-order valence-corrected chi connectivity index (χ4v) is 1.70. The minimum Gasteiger partial charge on any atom is -0.492 e. The van der Waals surface area contributed by atoms with Crippen LogP contribution in [0.4, 0.5) is 4.79 Å². The summed E-state index contributed by atoms with van der Waals surface area (Å²) in [5.74, 6) is 0.786. The number of urea groups is 1. The monoisotopic (exact) mass is 293 g/mol. The predicted molar refractivity (Wildman–Crippen MR) is 81.1 cm³/mol. The number of nitrogens with one attached hydrogen (secondary N) is 2. The first kappa shape index (κ1) is 16.8. The van der Waals surface area contributed by atoms with Gasteiger partial charge in [-0.25, -0.2) is 4.79 Å². The predicted octanol–water partition coefficient (Wildman–Crippen LogP) is 1.33. The molecule has 1 aromatic carbocycles. The van der Waals surface area contributed by atoms with E-state index in [1.165, 1.54) is 5.56 Å². The van der Waals surface area contributed by atoms with E-state index in [1.807, 2.05) is 31.2 Å². The summed E-state index contributed by atoms with van der Waals surface area (Å²) in [7, 11) is 0. The standard InChI is InChI=1S/C15H23N3O3/c1-12-5-7-13(8-6-12)21-11-10-17-14(19)4-2-3-9-18-15(16)20/h5-8H,2-4,9-11H2,1H3,(H,17,19)(H3,16,18,20). The van der Waals surface area contributed by atoms with Crippen molar-refractivity contribution in [3.05, 3.63) is 29.8 Å². The van der Waals surface area contributed by atoms with Gasteiger partial charge in [0.1, 0.15) is 12.4 Å². The molecule has 0 saturated heterocycles. The molecular weight excluding hydrogens is 270 g/mol. The van der Waals surface area contributed by atoms with Crippen molar-refractivity contribution in [2.24, 2.45) is 5.73 Å². The molecule has 0 bridgehead atoms. The first-order chi connectivity index (χ1) is 10.1. The molecule has 6 heteroatoms. The van der Waals surface area contributed by atoms with Crippen LogP contribution in [0.1, 0.15) is 24.8 Å². The van der Waals surface area contributed by atoms with Gasteiger partial charge in [-0.1, -0.05) is 17.7 Å².